The molecular formula is C17H26N2. The predicted octanol–water partition coefficient (Wildman–Crippen LogP) is 3.27. The molecule has 2 nitrogen and oxygen atoms in total. The summed E-state index contributed by atoms with van der Waals surface area (Å²) < 4.78 is 0. The summed E-state index contributed by atoms with van der Waals surface area (Å²) in [5, 5.41) is 0. The van der Waals surface area contributed by atoms with Crippen molar-refractivity contribution in [3.63, 3.8) is 0 Å². The molecule has 0 bridgehead atoms. The largest absolute Gasteiger partial charge is 0.368 e. The molecule has 0 radical (unpaired) electrons. The van der Waals surface area contributed by atoms with Crippen LogP contribution in [-0.4, -0.2) is 19.1 Å². The van der Waals surface area contributed by atoms with E-state index < -0.39 is 0 Å². The van der Waals surface area contributed by atoms with E-state index in [4.69, 9.17) is 5.73 Å². The van der Waals surface area contributed by atoms with Crippen LogP contribution in [0.25, 0.3) is 0 Å². The lowest BCUT2D eigenvalue weighted by Crippen LogP contribution is -2.35. The number of anilines is 1. The lowest BCUT2D eigenvalue weighted by molar-refractivity contribution is 0.342. The molecule has 1 aromatic rings. The standard InChI is InChI=1S/C17H26N2/c1-13-12-14(8-10-18)6-7-16(13)19-11-9-15-4-2-3-5-17(15)19/h6-7,12,15,17H,2-5,8-11,18H2,1H3. The smallest absolute Gasteiger partial charge is 0.0398 e. The second-order valence-electron chi connectivity index (χ2n) is 6.25. The van der Waals surface area contributed by atoms with Gasteiger partial charge in [-0.2, -0.15) is 0 Å². The van der Waals surface area contributed by atoms with Crippen LogP contribution in [0.1, 0.15) is 43.2 Å². The third kappa shape index (κ3) is 2.51. The highest BCUT2D eigenvalue weighted by molar-refractivity contribution is 5.56. The first kappa shape index (κ1) is 13.0. The highest BCUT2D eigenvalue weighted by atomic mass is 15.2. The van der Waals surface area contributed by atoms with Crippen molar-refractivity contribution in [3.8, 4) is 0 Å². The van der Waals surface area contributed by atoms with E-state index in [1.807, 2.05) is 0 Å². The van der Waals surface area contributed by atoms with Crippen LogP contribution in [-0.2, 0) is 6.42 Å². The van der Waals surface area contributed by atoms with Crippen LogP contribution in [0.5, 0.6) is 0 Å². The average molecular weight is 258 g/mol. The third-order valence-electron chi connectivity index (χ3n) is 5.01. The fourth-order valence-corrected chi connectivity index (χ4v) is 4.07. The Morgan fingerprint density at radius 3 is 2.84 bits per heavy atom. The van der Waals surface area contributed by atoms with E-state index in [1.54, 1.807) is 0 Å². The van der Waals surface area contributed by atoms with Crippen LogP contribution in [0.2, 0.25) is 0 Å². The van der Waals surface area contributed by atoms with Gasteiger partial charge in [-0.3, -0.25) is 0 Å². The summed E-state index contributed by atoms with van der Waals surface area (Å²) in [4.78, 5) is 2.69. The molecular weight excluding hydrogens is 232 g/mol. The van der Waals surface area contributed by atoms with Crippen LogP contribution in [0.3, 0.4) is 0 Å². The molecule has 1 aliphatic carbocycles. The molecule has 2 fully saturated rings. The average Bonchev–Trinajstić information content (AvgIpc) is 2.83. The maximum absolute atomic E-state index is 5.65. The Kier molecular flexibility index (Phi) is 3.79. The Morgan fingerprint density at radius 1 is 1.21 bits per heavy atom. The highest BCUT2D eigenvalue weighted by Crippen LogP contribution is 2.39. The first-order valence-electron chi connectivity index (χ1n) is 7.86. The summed E-state index contributed by atoms with van der Waals surface area (Å²) in [5.74, 6) is 0.955. The number of benzene rings is 1. The van der Waals surface area contributed by atoms with E-state index in [-0.39, 0.29) is 0 Å². The van der Waals surface area contributed by atoms with Crippen LogP contribution in [0, 0.1) is 12.8 Å². The van der Waals surface area contributed by atoms with Gasteiger partial charge < -0.3 is 10.6 Å². The molecule has 1 saturated carbocycles. The van der Waals surface area contributed by atoms with Gasteiger partial charge in [0.05, 0.1) is 0 Å². The fourth-order valence-electron chi connectivity index (χ4n) is 4.07. The first-order valence-corrected chi connectivity index (χ1v) is 7.86. The number of hydrogen-bond donors (Lipinski definition) is 1. The normalized spacial score (nSPS) is 26.5. The van der Waals surface area contributed by atoms with Crippen LogP contribution >= 0.6 is 0 Å². The summed E-state index contributed by atoms with van der Waals surface area (Å²) in [6, 6.07) is 7.74. The monoisotopic (exact) mass is 258 g/mol. The Hall–Kier alpha value is -1.02. The Labute approximate surface area is 117 Å². The maximum Gasteiger partial charge on any atom is 0.0398 e. The quantitative estimate of drug-likeness (QED) is 0.901. The van der Waals surface area contributed by atoms with Crippen LogP contribution in [0.15, 0.2) is 18.2 Å². The van der Waals surface area contributed by atoms with E-state index in [2.05, 4.69) is 30.0 Å². The van der Waals surface area contributed by atoms with Gasteiger partial charge in [-0.25, -0.2) is 0 Å². The molecule has 0 amide bonds. The minimum Gasteiger partial charge on any atom is -0.368 e. The summed E-state index contributed by atoms with van der Waals surface area (Å²) in [6.07, 6.45) is 8.10. The van der Waals surface area contributed by atoms with Crippen LogP contribution < -0.4 is 10.6 Å². The summed E-state index contributed by atoms with van der Waals surface area (Å²) in [6.45, 7) is 4.26. The summed E-state index contributed by atoms with van der Waals surface area (Å²) in [5.41, 5.74) is 9.92. The molecule has 19 heavy (non-hydrogen) atoms. The van der Waals surface area contributed by atoms with Gasteiger partial charge in [-0.05, 0) is 62.3 Å². The highest BCUT2D eigenvalue weighted by Gasteiger charge is 2.36. The summed E-state index contributed by atoms with van der Waals surface area (Å²) >= 11 is 0. The van der Waals surface area contributed by atoms with E-state index in [0.29, 0.717) is 0 Å². The molecule has 2 N–H and O–H groups in total. The molecule has 2 atom stereocenters. The number of nitrogens with two attached hydrogens (primary N) is 1. The SMILES string of the molecule is Cc1cc(CCN)ccc1N1CCC2CCCCC21. The Bertz CT molecular complexity index is 441. The van der Waals surface area contributed by atoms with Gasteiger partial charge in [-0.1, -0.05) is 25.0 Å². The molecule has 0 spiro atoms. The van der Waals surface area contributed by atoms with Crippen molar-refractivity contribution in [3.05, 3.63) is 29.3 Å². The zero-order valence-corrected chi connectivity index (χ0v) is 12.1. The summed E-state index contributed by atoms with van der Waals surface area (Å²) in [7, 11) is 0. The molecule has 2 unspecified atom stereocenters. The van der Waals surface area contributed by atoms with Crippen molar-refractivity contribution in [2.24, 2.45) is 11.7 Å². The second kappa shape index (κ2) is 5.54. The van der Waals surface area contributed by atoms with Gasteiger partial charge in [-0.15, -0.1) is 0 Å². The van der Waals surface area contributed by atoms with E-state index >= 15 is 0 Å². The van der Waals surface area contributed by atoms with Gasteiger partial charge in [0.15, 0.2) is 0 Å². The number of rotatable bonds is 3. The van der Waals surface area contributed by atoms with Gasteiger partial charge in [0, 0.05) is 18.3 Å². The number of fused-ring (bicyclic) bond motifs is 1. The lowest BCUT2D eigenvalue weighted by Gasteiger charge is -2.34. The topological polar surface area (TPSA) is 29.3 Å². The zero-order valence-electron chi connectivity index (χ0n) is 12.1. The molecule has 0 aromatic heterocycles. The van der Waals surface area contributed by atoms with Crippen molar-refractivity contribution in [1.29, 1.82) is 0 Å². The molecule has 1 aliphatic heterocycles. The van der Waals surface area contributed by atoms with Crippen molar-refractivity contribution in [2.45, 2.75) is 51.5 Å². The Balaban J connectivity index is 1.82. The molecule has 1 heterocycles. The fraction of sp³-hybridized carbons (Fsp3) is 0.647. The van der Waals surface area contributed by atoms with Gasteiger partial charge in [0.1, 0.15) is 0 Å². The van der Waals surface area contributed by atoms with Crippen molar-refractivity contribution < 1.29 is 0 Å². The van der Waals surface area contributed by atoms with Gasteiger partial charge in [0.25, 0.3) is 0 Å². The van der Waals surface area contributed by atoms with E-state index in [9.17, 15) is 0 Å². The predicted molar refractivity (Wildman–Crippen MR) is 81.6 cm³/mol. The van der Waals surface area contributed by atoms with E-state index in [0.717, 1.165) is 24.9 Å². The van der Waals surface area contributed by atoms with Gasteiger partial charge >= 0.3 is 0 Å². The van der Waals surface area contributed by atoms with E-state index in [1.165, 1.54) is 55.5 Å². The molecule has 104 valence electrons. The van der Waals surface area contributed by atoms with Crippen LogP contribution in [0.4, 0.5) is 5.69 Å². The number of hydrogen-bond acceptors (Lipinski definition) is 2. The van der Waals surface area contributed by atoms with Crippen molar-refractivity contribution in [1.82, 2.24) is 0 Å². The maximum atomic E-state index is 5.65. The molecule has 2 heteroatoms. The molecule has 1 aromatic carbocycles. The minimum absolute atomic E-state index is 0.743. The molecule has 3 rings (SSSR count). The molecule has 2 aliphatic rings. The molecule has 1 saturated heterocycles. The third-order valence-corrected chi connectivity index (χ3v) is 5.01. The number of aryl methyl sites for hydroxylation is 1. The zero-order chi connectivity index (χ0) is 13.2. The Morgan fingerprint density at radius 2 is 2.05 bits per heavy atom. The number of nitrogens with zero attached hydrogens (tertiary/aromatic N) is 1. The van der Waals surface area contributed by atoms with Crippen molar-refractivity contribution >= 4 is 5.69 Å². The second-order valence-corrected chi connectivity index (χ2v) is 6.25. The minimum atomic E-state index is 0.743. The van der Waals surface area contributed by atoms with Crippen molar-refractivity contribution in [2.75, 3.05) is 18.0 Å². The van der Waals surface area contributed by atoms with Gasteiger partial charge in [0.2, 0.25) is 0 Å². The first-order chi connectivity index (χ1) is 9.29. The lowest BCUT2D eigenvalue weighted by atomic mass is 9.85.